The minimum absolute atomic E-state index is 0.284. The van der Waals surface area contributed by atoms with Gasteiger partial charge in [-0.25, -0.2) is 9.59 Å². The number of benzene rings is 1. The van der Waals surface area contributed by atoms with Crippen LogP contribution in [0.2, 0.25) is 0 Å². The summed E-state index contributed by atoms with van der Waals surface area (Å²) in [5.74, 6) is -0.913. The van der Waals surface area contributed by atoms with E-state index >= 15 is 0 Å². The first kappa shape index (κ1) is 48.1. The molecule has 0 saturated heterocycles. The monoisotopic (exact) mass is 729 g/mol. The van der Waals surface area contributed by atoms with Gasteiger partial charge in [-0.3, -0.25) is 0 Å². The first-order valence-corrected chi connectivity index (χ1v) is 22.4. The summed E-state index contributed by atoms with van der Waals surface area (Å²) in [6, 6.07) is 6.87. The minimum atomic E-state index is -0.456. The Balaban J connectivity index is 2.19. The molecule has 1 rings (SSSR count). The fraction of sp³-hybridized carbons (Fsp3) is 0.826. The van der Waals surface area contributed by atoms with Crippen LogP contribution in [0.4, 0.5) is 0 Å². The average Bonchev–Trinajstić information content (AvgIpc) is 3.16. The zero-order chi connectivity index (χ0) is 37.7. The Morgan fingerprint density at radius 3 is 0.942 bits per heavy atom. The maximum Gasteiger partial charge on any atom is 0.339 e. The van der Waals surface area contributed by atoms with Gasteiger partial charge in [-0.05, 0) is 51.2 Å². The lowest BCUT2D eigenvalue weighted by Crippen LogP contribution is -2.30. The van der Waals surface area contributed by atoms with E-state index in [1.165, 1.54) is 167 Å². The van der Waals surface area contributed by atoms with Crippen LogP contribution < -0.4 is 0 Å². The van der Waals surface area contributed by atoms with E-state index in [0.29, 0.717) is 26.3 Å². The Morgan fingerprint density at radius 1 is 0.404 bits per heavy atom. The lowest BCUT2D eigenvalue weighted by atomic mass is 10.0. The van der Waals surface area contributed by atoms with Crippen molar-refractivity contribution in [1.82, 2.24) is 9.80 Å². The van der Waals surface area contributed by atoms with Gasteiger partial charge in [0.1, 0.15) is 13.2 Å². The van der Waals surface area contributed by atoms with Crippen LogP contribution in [-0.2, 0) is 9.47 Å². The molecule has 6 heteroatoms. The highest BCUT2D eigenvalue weighted by atomic mass is 16.5. The van der Waals surface area contributed by atoms with Crippen LogP contribution in [0.25, 0.3) is 0 Å². The molecule has 0 bridgehead atoms. The molecule has 1 aromatic carbocycles. The number of unbranched alkanes of at least 4 members (excludes halogenated alkanes) is 24. The molecule has 0 unspecified atom stereocenters. The van der Waals surface area contributed by atoms with Gasteiger partial charge in [-0.1, -0.05) is 194 Å². The van der Waals surface area contributed by atoms with E-state index in [4.69, 9.17) is 9.47 Å². The van der Waals surface area contributed by atoms with Crippen molar-refractivity contribution in [3.8, 4) is 0 Å². The minimum Gasteiger partial charge on any atom is -0.461 e. The first-order chi connectivity index (χ1) is 25.6. The molecule has 52 heavy (non-hydrogen) atoms. The quantitative estimate of drug-likeness (QED) is 0.0499. The normalized spacial score (nSPS) is 11.5. The molecule has 0 aliphatic carbocycles. The van der Waals surface area contributed by atoms with E-state index in [-0.39, 0.29) is 11.1 Å². The van der Waals surface area contributed by atoms with Crippen LogP contribution in [0, 0.1) is 0 Å². The third-order valence-electron chi connectivity index (χ3n) is 10.7. The number of hydrogen-bond donors (Lipinski definition) is 0. The Morgan fingerprint density at radius 2 is 0.673 bits per heavy atom. The number of rotatable bonds is 38. The third-order valence-corrected chi connectivity index (χ3v) is 10.7. The molecule has 1 aromatic rings. The number of likely N-dealkylation sites (N-methyl/N-ethyl adjacent to an activating group) is 2. The molecule has 0 atom stereocenters. The molecule has 0 aliphatic rings. The average molecular weight is 729 g/mol. The molecule has 0 fully saturated rings. The van der Waals surface area contributed by atoms with Crippen LogP contribution in [0.5, 0.6) is 0 Å². The number of carbonyl (C=O) groups is 2. The molecular formula is C46H84N2O4. The smallest absolute Gasteiger partial charge is 0.339 e. The maximum atomic E-state index is 13.0. The molecule has 302 valence electrons. The van der Waals surface area contributed by atoms with Gasteiger partial charge in [0.2, 0.25) is 0 Å². The van der Waals surface area contributed by atoms with Crippen molar-refractivity contribution in [3.05, 3.63) is 35.4 Å². The van der Waals surface area contributed by atoms with Crippen LogP contribution >= 0.6 is 0 Å². The highest BCUT2D eigenvalue weighted by Gasteiger charge is 2.19. The van der Waals surface area contributed by atoms with Crippen molar-refractivity contribution < 1.29 is 19.1 Å². The van der Waals surface area contributed by atoms with Crippen LogP contribution in [0.1, 0.15) is 215 Å². The Bertz CT molecular complexity index is 879. The number of nitrogens with zero attached hydrogens (tertiary/aromatic N) is 2. The first-order valence-electron chi connectivity index (χ1n) is 22.4. The molecule has 0 heterocycles. The van der Waals surface area contributed by atoms with Crippen molar-refractivity contribution in [1.29, 1.82) is 0 Å². The zero-order valence-corrected chi connectivity index (χ0v) is 34.9. The van der Waals surface area contributed by atoms with Crippen LogP contribution in [-0.4, -0.2) is 74.2 Å². The largest absolute Gasteiger partial charge is 0.461 e. The number of ether oxygens (including phenoxy) is 2. The maximum absolute atomic E-state index is 13.0. The van der Waals surface area contributed by atoms with Gasteiger partial charge in [0.05, 0.1) is 11.1 Å². The van der Waals surface area contributed by atoms with Crippen molar-refractivity contribution in [2.24, 2.45) is 0 Å². The third kappa shape index (κ3) is 26.8. The summed E-state index contributed by atoms with van der Waals surface area (Å²) in [4.78, 5) is 30.7. The summed E-state index contributed by atoms with van der Waals surface area (Å²) >= 11 is 0. The summed E-state index contributed by atoms with van der Waals surface area (Å²) in [6.45, 7) is 14.9. The van der Waals surface area contributed by atoms with E-state index in [1.54, 1.807) is 24.3 Å². The molecule has 0 saturated carbocycles. The van der Waals surface area contributed by atoms with Gasteiger partial charge >= 0.3 is 11.9 Å². The number of carbonyl (C=O) groups excluding carboxylic acids is 2. The number of esters is 2. The Hall–Kier alpha value is -1.92. The second-order valence-corrected chi connectivity index (χ2v) is 15.2. The van der Waals surface area contributed by atoms with Crippen LogP contribution in [0.3, 0.4) is 0 Å². The highest BCUT2D eigenvalue weighted by Crippen LogP contribution is 2.15. The molecular weight excluding hydrogens is 645 g/mol. The zero-order valence-electron chi connectivity index (χ0n) is 34.9. The lowest BCUT2D eigenvalue weighted by molar-refractivity contribution is 0.0417. The summed E-state index contributed by atoms with van der Waals surface area (Å²) < 4.78 is 11.3. The van der Waals surface area contributed by atoms with Crippen molar-refractivity contribution in [3.63, 3.8) is 0 Å². The fourth-order valence-corrected chi connectivity index (χ4v) is 7.09. The topological polar surface area (TPSA) is 59.1 Å². The Labute approximate surface area is 322 Å². The van der Waals surface area contributed by atoms with E-state index in [2.05, 4.69) is 37.5 Å². The van der Waals surface area contributed by atoms with Gasteiger partial charge in [0.15, 0.2) is 0 Å². The summed E-state index contributed by atoms with van der Waals surface area (Å²) in [6.07, 6.45) is 35.3. The summed E-state index contributed by atoms with van der Waals surface area (Å²) in [5, 5.41) is 0. The Kier molecular flexibility index (Phi) is 33.4. The molecule has 6 nitrogen and oxygen atoms in total. The molecule has 0 spiro atoms. The predicted octanol–water partition coefficient (Wildman–Crippen LogP) is 12.8. The van der Waals surface area contributed by atoms with E-state index in [1.807, 2.05) is 0 Å². The number of hydrogen-bond acceptors (Lipinski definition) is 6. The van der Waals surface area contributed by atoms with E-state index < -0.39 is 11.9 Å². The van der Waals surface area contributed by atoms with Crippen molar-refractivity contribution in [2.45, 2.75) is 195 Å². The lowest BCUT2D eigenvalue weighted by Gasteiger charge is -2.20. The van der Waals surface area contributed by atoms with Gasteiger partial charge in [-0.2, -0.15) is 0 Å². The van der Waals surface area contributed by atoms with Crippen molar-refractivity contribution in [2.75, 3.05) is 52.5 Å². The SMILES string of the molecule is CCCCCCCCCCCCCCCN(CC)CCOC(=O)c1ccccc1C(=O)OCCN(CC)CCCCCCCCCCCCCCC. The van der Waals surface area contributed by atoms with Gasteiger partial charge < -0.3 is 19.3 Å². The van der Waals surface area contributed by atoms with Crippen LogP contribution in [0.15, 0.2) is 24.3 Å². The standard InChI is InChI=1S/C46H84N2O4/c1-5-9-11-13-15-17-19-21-23-25-27-29-33-37-47(7-3)39-41-51-45(49)43-35-31-32-36-44(43)46(50)52-42-40-48(8-4)38-34-30-28-26-24-22-20-18-16-14-12-10-6-2/h31-32,35-36H,5-30,33-34,37-42H2,1-4H3. The molecule has 0 amide bonds. The molecule has 0 aliphatic heterocycles. The summed E-state index contributed by atoms with van der Waals surface area (Å²) in [5.41, 5.74) is 0.567. The van der Waals surface area contributed by atoms with Crippen molar-refractivity contribution >= 4 is 11.9 Å². The second kappa shape index (κ2) is 36.1. The summed E-state index contributed by atoms with van der Waals surface area (Å²) in [7, 11) is 0. The van der Waals surface area contributed by atoms with E-state index in [0.717, 1.165) is 26.2 Å². The van der Waals surface area contributed by atoms with Gasteiger partial charge in [0, 0.05) is 13.1 Å². The highest BCUT2D eigenvalue weighted by molar-refractivity contribution is 6.03. The van der Waals surface area contributed by atoms with Gasteiger partial charge in [0.25, 0.3) is 0 Å². The van der Waals surface area contributed by atoms with E-state index in [9.17, 15) is 9.59 Å². The fourth-order valence-electron chi connectivity index (χ4n) is 7.09. The van der Waals surface area contributed by atoms with Gasteiger partial charge in [-0.15, -0.1) is 0 Å². The molecule has 0 radical (unpaired) electrons. The second-order valence-electron chi connectivity index (χ2n) is 15.2. The molecule has 0 aromatic heterocycles. The molecule has 0 N–H and O–H groups in total. The predicted molar refractivity (Wildman–Crippen MR) is 223 cm³/mol.